The molecule has 3 N–H and O–H groups in total. The van der Waals surface area contributed by atoms with E-state index in [-0.39, 0.29) is 4.90 Å². The number of sulfonamides is 1. The molecular weight excluding hydrogens is 400 g/mol. The molecular formula is C23H22N2O4S. The van der Waals surface area contributed by atoms with E-state index in [1.54, 1.807) is 12.1 Å². The predicted molar refractivity (Wildman–Crippen MR) is 115 cm³/mol. The first-order valence-electron chi connectivity index (χ1n) is 9.31. The Hall–Kier alpha value is -3.26. The van der Waals surface area contributed by atoms with Gasteiger partial charge in [0.05, 0.1) is 10.9 Å². The lowest BCUT2D eigenvalue weighted by Crippen LogP contribution is -2.30. The van der Waals surface area contributed by atoms with Gasteiger partial charge in [0.25, 0.3) is 5.91 Å². The first-order valence-corrected chi connectivity index (χ1v) is 10.8. The minimum atomic E-state index is -3.83. The van der Waals surface area contributed by atoms with Gasteiger partial charge in [-0.3, -0.25) is 10.0 Å². The van der Waals surface area contributed by atoms with E-state index in [4.69, 9.17) is 5.21 Å². The molecule has 0 saturated heterocycles. The Balaban J connectivity index is 1.88. The highest BCUT2D eigenvalue weighted by Crippen LogP contribution is 2.22. The summed E-state index contributed by atoms with van der Waals surface area (Å²) in [6, 6.07) is 24.9. The van der Waals surface area contributed by atoms with E-state index in [9.17, 15) is 13.2 Å². The zero-order valence-corrected chi connectivity index (χ0v) is 16.9. The molecule has 3 rings (SSSR count). The molecule has 0 fully saturated rings. The third-order valence-corrected chi connectivity index (χ3v) is 5.96. The quantitative estimate of drug-likeness (QED) is 0.294. The molecule has 7 heteroatoms. The van der Waals surface area contributed by atoms with Crippen molar-refractivity contribution in [2.24, 2.45) is 0 Å². The van der Waals surface area contributed by atoms with Gasteiger partial charge in [-0.2, -0.15) is 0 Å². The van der Waals surface area contributed by atoms with Crippen molar-refractivity contribution >= 4 is 22.0 Å². The van der Waals surface area contributed by atoms with Crippen LogP contribution in [0.1, 0.15) is 22.7 Å². The highest BCUT2D eigenvalue weighted by molar-refractivity contribution is 7.89. The summed E-state index contributed by atoms with van der Waals surface area (Å²) >= 11 is 0. The molecule has 0 bridgehead atoms. The van der Waals surface area contributed by atoms with Gasteiger partial charge in [0, 0.05) is 6.08 Å². The summed E-state index contributed by atoms with van der Waals surface area (Å²) in [4.78, 5) is 11.3. The van der Waals surface area contributed by atoms with E-state index in [2.05, 4.69) is 4.72 Å². The monoisotopic (exact) mass is 422 g/mol. The second kappa shape index (κ2) is 9.98. The first-order chi connectivity index (χ1) is 14.5. The molecule has 30 heavy (non-hydrogen) atoms. The van der Waals surface area contributed by atoms with Crippen molar-refractivity contribution in [2.75, 3.05) is 0 Å². The van der Waals surface area contributed by atoms with Gasteiger partial charge in [-0.25, -0.2) is 18.6 Å². The number of amides is 1. The molecule has 1 unspecified atom stereocenters. The zero-order chi connectivity index (χ0) is 21.4. The van der Waals surface area contributed by atoms with Gasteiger partial charge in [0.2, 0.25) is 10.0 Å². The summed E-state index contributed by atoms with van der Waals surface area (Å²) in [5.74, 6) is -0.701. The molecule has 0 heterocycles. The Bertz CT molecular complexity index is 1110. The third-order valence-electron chi connectivity index (χ3n) is 4.49. The maximum atomic E-state index is 13.1. The molecule has 0 radical (unpaired) electrons. The largest absolute Gasteiger partial charge is 0.288 e. The van der Waals surface area contributed by atoms with Gasteiger partial charge < -0.3 is 0 Å². The number of carbonyl (C=O) groups is 1. The van der Waals surface area contributed by atoms with Gasteiger partial charge in [-0.05, 0) is 41.3 Å². The maximum Gasteiger partial charge on any atom is 0.267 e. The highest BCUT2D eigenvalue weighted by Gasteiger charge is 2.22. The number of rotatable bonds is 8. The second-order valence-electron chi connectivity index (χ2n) is 6.66. The summed E-state index contributed by atoms with van der Waals surface area (Å²) in [5.41, 5.74) is 3.88. The van der Waals surface area contributed by atoms with Crippen LogP contribution in [0, 0.1) is 0 Å². The van der Waals surface area contributed by atoms with Crippen molar-refractivity contribution in [3.8, 4) is 0 Å². The number of hydrogen-bond donors (Lipinski definition) is 3. The van der Waals surface area contributed by atoms with Crippen molar-refractivity contribution in [3.63, 3.8) is 0 Å². The van der Waals surface area contributed by atoms with E-state index in [1.165, 1.54) is 23.7 Å². The van der Waals surface area contributed by atoms with E-state index < -0.39 is 22.0 Å². The van der Waals surface area contributed by atoms with Gasteiger partial charge in [0.15, 0.2) is 0 Å². The molecule has 0 aliphatic carbocycles. The standard InChI is InChI=1S/C23H22N2O4S/c26-23(24-27)15-14-19-10-7-13-21(16-19)30(28,29)25-22(20-11-5-2-6-12-20)17-18-8-3-1-4-9-18/h1-16,22,25,27H,17H2,(H,24,26). The average molecular weight is 423 g/mol. The molecule has 0 aromatic heterocycles. The molecule has 0 saturated carbocycles. The van der Waals surface area contributed by atoms with Crippen LogP contribution >= 0.6 is 0 Å². The topological polar surface area (TPSA) is 95.5 Å². The van der Waals surface area contributed by atoms with Crippen LogP contribution < -0.4 is 10.2 Å². The van der Waals surface area contributed by atoms with Crippen molar-refractivity contribution in [1.82, 2.24) is 10.2 Å². The Morgan fingerprint density at radius 3 is 2.27 bits per heavy atom. The SMILES string of the molecule is O=C(C=Cc1cccc(S(=O)(=O)NC(Cc2ccccc2)c2ccccc2)c1)NO. The van der Waals surface area contributed by atoms with E-state index in [0.717, 1.165) is 17.2 Å². The van der Waals surface area contributed by atoms with Crippen LogP contribution in [0.15, 0.2) is 95.9 Å². The minimum Gasteiger partial charge on any atom is -0.288 e. The average Bonchev–Trinajstić information content (AvgIpc) is 2.78. The molecule has 1 amide bonds. The number of hydroxylamine groups is 1. The summed E-state index contributed by atoms with van der Waals surface area (Å²) in [6.45, 7) is 0. The minimum absolute atomic E-state index is 0.0862. The van der Waals surface area contributed by atoms with E-state index in [0.29, 0.717) is 12.0 Å². The smallest absolute Gasteiger partial charge is 0.267 e. The molecule has 3 aromatic carbocycles. The van der Waals surface area contributed by atoms with Gasteiger partial charge in [0.1, 0.15) is 0 Å². The molecule has 154 valence electrons. The summed E-state index contributed by atoms with van der Waals surface area (Å²) < 4.78 is 29.0. The van der Waals surface area contributed by atoms with Gasteiger partial charge in [-0.1, -0.05) is 72.8 Å². The molecule has 3 aromatic rings. The van der Waals surface area contributed by atoms with E-state index in [1.807, 2.05) is 60.7 Å². The fourth-order valence-electron chi connectivity index (χ4n) is 3.01. The Kier molecular flexibility index (Phi) is 7.13. The van der Waals surface area contributed by atoms with Crippen molar-refractivity contribution in [1.29, 1.82) is 0 Å². The van der Waals surface area contributed by atoms with Crippen LogP contribution in [0.2, 0.25) is 0 Å². The summed E-state index contributed by atoms with van der Waals surface area (Å²) in [7, 11) is -3.83. The van der Waals surface area contributed by atoms with Crippen molar-refractivity contribution < 1.29 is 18.4 Å². The van der Waals surface area contributed by atoms with Gasteiger partial charge >= 0.3 is 0 Å². The summed E-state index contributed by atoms with van der Waals surface area (Å²) in [5, 5.41) is 8.57. The van der Waals surface area contributed by atoms with Crippen molar-refractivity contribution in [3.05, 3.63) is 108 Å². The maximum absolute atomic E-state index is 13.1. The van der Waals surface area contributed by atoms with Crippen LogP contribution in [0.3, 0.4) is 0 Å². The fourth-order valence-corrected chi connectivity index (χ4v) is 4.29. The van der Waals surface area contributed by atoms with Gasteiger partial charge in [-0.15, -0.1) is 0 Å². The predicted octanol–water partition coefficient (Wildman–Crippen LogP) is 3.47. The zero-order valence-electron chi connectivity index (χ0n) is 16.1. The van der Waals surface area contributed by atoms with Crippen LogP contribution in [0.5, 0.6) is 0 Å². The lowest BCUT2D eigenvalue weighted by atomic mass is 10.00. The Labute approximate surface area is 175 Å². The normalized spacial score (nSPS) is 12.6. The second-order valence-corrected chi connectivity index (χ2v) is 8.37. The van der Waals surface area contributed by atoms with Crippen LogP contribution in [0.25, 0.3) is 6.08 Å². The summed E-state index contributed by atoms with van der Waals surface area (Å²) in [6.07, 6.45) is 3.03. The Morgan fingerprint density at radius 2 is 1.60 bits per heavy atom. The molecule has 0 spiro atoms. The molecule has 0 aliphatic heterocycles. The highest BCUT2D eigenvalue weighted by atomic mass is 32.2. The van der Waals surface area contributed by atoms with Crippen LogP contribution in [-0.2, 0) is 21.2 Å². The van der Waals surface area contributed by atoms with Crippen LogP contribution in [0.4, 0.5) is 0 Å². The molecule has 0 aliphatic rings. The third kappa shape index (κ3) is 5.87. The lowest BCUT2D eigenvalue weighted by Gasteiger charge is -2.20. The number of carbonyl (C=O) groups excluding carboxylic acids is 1. The fraction of sp³-hybridized carbons (Fsp3) is 0.0870. The Morgan fingerprint density at radius 1 is 0.933 bits per heavy atom. The van der Waals surface area contributed by atoms with E-state index >= 15 is 0 Å². The first kappa shape index (κ1) is 21.4. The number of hydrogen-bond acceptors (Lipinski definition) is 4. The number of nitrogens with one attached hydrogen (secondary N) is 2. The molecule has 6 nitrogen and oxygen atoms in total. The van der Waals surface area contributed by atoms with Crippen molar-refractivity contribution in [2.45, 2.75) is 17.4 Å². The molecule has 1 atom stereocenters. The number of benzene rings is 3. The van der Waals surface area contributed by atoms with Crippen LogP contribution in [-0.4, -0.2) is 19.5 Å². The lowest BCUT2D eigenvalue weighted by molar-refractivity contribution is -0.124.